The van der Waals surface area contributed by atoms with Crippen LogP contribution in [0.3, 0.4) is 0 Å². The second kappa shape index (κ2) is 6.13. The van der Waals surface area contributed by atoms with E-state index in [0.717, 1.165) is 6.07 Å². The third-order valence-electron chi connectivity index (χ3n) is 2.98. The Bertz CT molecular complexity index is 613. The Morgan fingerprint density at radius 2 is 1.62 bits per heavy atom. The molecule has 2 nitrogen and oxygen atoms in total. The lowest BCUT2D eigenvalue weighted by atomic mass is 10.1. The molecular formula is C15H13F4NO. The minimum absolute atomic E-state index is 0.0366. The fourth-order valence-electron chi connectivity index (χ4n) is 1.95. The van der Waals surface area contributed by atoms with Crippen LogP contribution in [0.25, 0.3) is 0 Å². The van der Waals surface area contributed by atoms with Crippen LogP contribution < -0.4 is 5.32 Å². The number of para-hydroxylation sites is 1. The van der Waals surface area contributed by atoms with Crippen molar-refractivity contribution in [3.63, 3.8) is 0 Å². The molecule has 21 heavy (non-hydrogen) atoms. The zero-order valence-corrected chi connectivity index (χ0v) is 10.9. The van der Waals surface area contributed by atoms with Crippen molar-refractivity contribution in [3.8, 4) is 0 Å². The van der Waals surface area contributed by atoms with Crippen molar-refractivity contribution in [1.29, 1.82) is 0 Å². The second-order valence-corrected chi connectivity index (χ2v) is 4.46. The van der Waals surface area contributed by atoms with Gasteiger partial charge in [-0.25, -0.2) is 4.39 Å². The lowest BCUT2D eigenvalue weighted by Gasteiger charge is -2.17. The molecule has 0 bridgehead atoms. The lowest BCUT2D eigenvalue weighted by molar-refractivity contribution is -0.137. The lowest BCUT2D eigenvalue weighted by Crippen LogP contribution is -2.16. The van der Waals surface area contributed by atoms with Crippen molar-refractivity contribution in [3.05, 3.63) is 65.5 Å². The normalized spacial score (nSPS) is 13.0. The molecule has 0 saturated carbocycles. The number of aliphatic hydroxyl groups is 1. The van der Waals surface area contributed by atoms with Crippen molar-refractivity contribution >= 4 is 5.69 Å². The summed E-state index contributed by atoms with van der Waals surface area (Å²) >= 11 is 0. The van der Waals surface area contributed by atoms with E-state index >= 15 is 0 Å². The molecule has 0 spiro atoms. The molecule has 0 aromatic heterocycles. The van der Waals surface area contributed by atoms with Gasteiger partial charge < -0.3 is 10.4 Å². The second-order valence-electron chi connectivity index (χ2n) is 4.46. The molecule has 2 aromatic rings. The van der Waals surface area contributed by atoms with Gasteiger partial charge in [-0.05, 0) is 18.2 Å². The van der Waals surface area contributed by atoms with Crippen molar-refractivity contribution in [1.82, 2.24) is 0 Å². The Balaban J connectivity index is 2.12. The minimum Gasteiger partial charge on any atom is -0.386 e. The molecule has 1 atom stereocenters. The fraction of sp³-hybridized carbons (Fsp3) is 0.200. The molecular weight excluding hydrogens is 286 g/mol. The Labute approximate surface area is 119 Å². The van der Waals surface area contributed by atoms with E-state index in [-0.39, 0.29) is 17.8 Å². The summed E-state index contributed by atoms with van der Waals surface area (Å²) in [6.45, 7) is -0.228. The third kappa shape index (κ3) is 3.72. The van der Waals surface area contributed by atoms with Gasteiger partial charge in [-0.3, -0.25) is 0 Å². The first kappa shape index (κ1) is 15.3. The van der Waals surface area contributed by atoms with Gasteiger partial charge in [-0.1, -0.05) is 30.3 Å². The largest absolute Gasteiger partial charge is 0.418 e. The molecule has 2 aromatic carbocycles. The highest BCUT2D eigenvalue weighted by Crippen LogP contribution is 2.34. The smallest absolute Gasteiger partial charge is 0.386 e. The van der Waals surface area contributed by atoms with E-state index in [1.54, 1.807) is 6.07 Å². The maximum absolute atomic E-state index is 13.5. The maximum atomic E-state index is 13.5. The highest BCUT2D eigenvalue weighted by molar-refractivity contribution is 5.52. The van der Waals surface area contributed by atoms with Crippen molar-refractivity contribution in [2.45, 2.75) is 12.3 Å². The quantitative estimate of drug-likeness (QED) is 0.837. The van der Waals surface area contributed by atoms with Crippen molar-refractivity contribution < 1.29 is 22.7 Å². The molecule has 0 amide bonds. The molecule has 0 aliphatic rings. The Kier molecular flexibility index (Phi) is 4.47. The molecule has 0 aliphatic carbocycles. The van der Waals surface area contributed by atoms with Crippen LogP contribution in [-0.2, 0) is 6.18 Å². The van der Waals surface area contributed by atoms with Gasteiger partial charge in [0.15, 0.2) is 0 Å². The van der Waals surface area contributed by atoms with E-state index in [1.165, 1.54) is 36.4 Å². The van der Waals surface area contributed by atoms with Gasteiger partial charge in [-0.15, -0.1) is 0 Å². The predicted octanol–water partition coefficient (Wildman–Crippen LogP) is 3.99. The summed E-state index contributed by atoms with van der Waals surface area (Å²) in [6.07, 6.45) is -5.74. The van der Waals surface area contributed by atoms with Gasteiger partial charge in [0.2, 0.25) is 0 Å². The SMILES string of the molecule is OC(CNc1ccccc1C(F)(F)F)c1ccccc1F. The molecule has 0 aliphatic heterocycles. The molecule has 112 valence electrons. The molecule has 0 saturated heterocycles. The highest BCUT2D eigenvalue weighted by Gasteiger charge is 2.33. The summed E-state index contributed by atoms with van der Waals surface area (Å²) in [5, 5.41) is 12.4. The Morgan fingerprint density at radius 3 is 2.29 bits per heavy atom. The standard InChI is InChI=1S/C15H13F4NO/c16-12-7-3-1-5-10(12)14(21)9-20-13-8-4-2-6-11(13)15(17,18)19/h1-8,14,20-21H,9H2. The average Bonchev–Trinajstić information content (AvgIpc) is 2.44. The zero-order chi connectivity index (χ0) is 15.5. The minimum atomic E-state index is -4.49. The molecule has 0 heterocycles. The molecule has 0 radical (unpaired) electrons. The van der Waals surface area contributed by atoms with E-state index in [9.17, 15) is 22.7 Å². The van der Waals surface area contributed by atoms with Gasteiger partial charge in [-0.2, -0.15) is 13.2 Å². The number of aliphatic hydroxyl groups excluding tert-OH is 1. The van der Waals surface area contributed by atoms with Crippen molar-refractivity contribution in [2.24, 2.45) is 0 Å². The van der Waals surface area contributed by atoms with Crippen molar-refractivity contribution in [2.75, 3.05) is 11.9 Å². The predicted molar refractivity (Wildman–Crippen MR) is 71.3 cm³/mol. The van der Waals surface area contributed by atoms with Crippen LogP contribution in [0.4, 0.5) is 23.2 Å². The average molecular weight is 299 g/mol. The molecule has 2 rings (SSSR count). The maximum Gasteiger partial charge on any atom is 0.418 e. The van der Waals surface area contributed by atoms with Crippen LogP contribution in [-0.4, -0.2) is 11.7 Å². The van der Waals surface area contributed by atoms with E-state index < -0.39 is 23.7 Å². The Hall–Kier alpha value is -2.08. The first-order valence-electron chi connectivity index (χ1n) is 6.22. The van der Waals surface area contributed by atoms with E-state index in [2.05, 4.69) is 5.32 Å². The number of anilines is 1. The molecule has 0 fully saturated rings. The molecule has 1 unspecified atom stereocenters. The number of nitrogens with one attached hydrogen (secondary N) is 1. The van der Waals surface area contributed by atoms with Crippen LogP contribution in [0.1, 0.15) is 17.2 Å². The van der Waals surface area contributed by atoms with Crippen LogP contribution in [0.2, 0.25) is 0 Å². The monoisotopic (exact) mass is 299 g/mol. The molecule has 2 N–H and O–H groups in total. The highest BCUT2D eigenvalue weighted by atomic mass is 19.4. The number of hydrogen-bond donors (Lipinski definition) is 2. The van der Waals surface area contributed by atoms with Gasteiger partial charge in [0.25, 0.3) is 0 Å². The van der Waals surface area contributed by atoms with Crippen LogP contribution in [0.15, 0.2) is 48.5 Å². The van der Waals surface area contributed by atoms with Crippen LogP contribution >= 0.6 is 0 Å². The summed E-state index contributed by atoms with van der Waals surface area (Å²) in [5.74, 6) is -0.601. The van der Waals surface area contributed by atoms with Crippen LogP contribution in [0.5, 0.6) is 0 Å². The van der Waals surface area contributed by atoms with Gasteiger partial charge in [0.1, 0.15) is 5.82 Å². The Morgan fingerprint density at radius 1 is 1.00 bits per heavy atom. The van der Waals surface area contributed by atoms with Gasteiger partial charge in [0.05, 0.1) is 11.7 Å². The summed E-state index contributed by atoms with van der Waals surface area (Å²) in [7, 11) is 0. The van der Waals surface area contributed by atoms with E-state index in [1.807, 2.05) is 0 Å². The summed E-state index contributed by atoms with van der Waals surface area (Å²) in [4.78, 5) is 0. The summed E-state index contributed by atoms with van der Waals surface area (Å²) in [6, 6.07) is 10.5. The van der Waals surface area contributed by atoms with Gasteiger partial charge in [0, 0.05) is 17.8 Å². The van der Waals surface area contributed by atoms with E-state index in [0.29, 0.717) is 0 Å². The number of rotatable bonds is 4. The number of benzene rings is 2. The molecule has 6 heteroatoms. The zero-order valence-electron chi connectivity index (χ0n) is 10.9. The summed E-state index contributed by atoms with van der Waals surface area (Å²) < 4.78 is 51.9. The third-order valence-corrected chi connectivity index (χ3v) is 2.98. The first-order valence-corrected chi connectivity index (χ1v) is 6.22. The number of hydrogen-bond acceptors (Lipinski definition) is 2. The van der Waals surface area contributed by atoms with Gasteiger partial charge >= 0.3 is 6.18 Å². The number of alkyl halides is 3. The topological polar surface area (TPSA) is 32.3 Å². The van der Waals surface area contributed by atoms with Crippen LogP contribution in [0, 0.1) is 5.82 Å². The summed E-state index contributed by atoms with van der Waals surface area (Å²) in [5.41, 5.74) is -0.944. The van der Waals surface area contributed by atoms with E-state index in [4.69, 9.17) is 0 Å². The number of halogens is 4. The first-order chi connectivity index (χ1) is 9.89. The fourth-order valence-corrected chi connectivity index (χ4v) is 1.95.